The molecule has 4 heteroatoms. The summed E-state index contributed by atoms with van der Waals surface area (Å²) >= 11 is 3.94. The summed E-state index contributed by atoms with van der Waals surface area (Å²) < 4.78 is 0. The van der Waals surface area contributed by atoms with Crippen LogP contribution in [0.15, 0.2) is 18.2 Å². The number of aryl methyl sites for hydroxylation is 1. The van der Waals surface area contributed by atoms with Crippen LogP contribution in [0.2, 0.25) is 0 Å². The van der Waals surface area contributed by atoms with Crippen LogP contribution >= 0.6 is 12.6 Å². The van der Waals surface area contributed by atoms with E-state index in [-0.39, 0.29) is 5.75 Å². The maximum Gasteiger partial charge on any atom is 0.108 e. The van der Waals surface area contributed by atoms with Crippen molar-refractivity contribution in [1.29, 1.82) is 0 Å². The fraction of sp³-hybridized carbons (Fsp3) is 0.455. The van der Waals surface area contributed by atoms with Gasteiger partial charge in [0.15, 0.2) is 0 Å². The molecule has 0 radical (unpaired) electrons. The Hall–Kier alpha value is -0.710. The van der Waals surface area contributed by atoms with E-state index in [0.717, 1.165) is 12.0 Å². The highest BCUT2D eigenvalue weighted by molar-refractivity contribution is 7.80. The number of aliphatic hydroxyl groups is 2. The lowest BCUT2D eigenvalue weighted by molar-refractivity contribution is 0.0342. The molecular weight excluding hydrogens is 210 g/mol. The molecule has 2 atom stereocenters. The van der Waals surface area contributed by atoms with Crippen LogP contribution in [0.4, 0.5) is 5.69 Å². The highest BCUT2D eigenvalue weighted by Crippen LogP contribution is 2.25. The Bertz CT molecular complexity index is 330. The first kappa shape index (κ1) is 12.4. The summed E-state index contributed by atoms with van der Waals surface area (Å²) in [6.07, 6.45) is -0.978. The van der Waals surface area contributed by atoms with Crippen LogP contribution in [0.3, 0.4) is 0 Å². The Morgan fingerprint density at radius 3 is 2.60 bits per heavy atom. The molecule has 0 aliphatic heterocycles. The fourth-order valence-corrected chi connectivity index (χ4v) is 1.61. The molecule has 0 heterocycles. The molecule has 2 unspecified atom stereocenters. The Labute approximate surface area is 95.3 Å². The van der Waals surface area contributed by atoms with Crippen LogP contribution < -0.4 is 5.73 Å². The third-order valence-corrected chi connectivity index (χ3v) is 2.80. The summed E-state index contributed by atoms with van der Waals surface area (Å²) in [5.41, 5.74) is 7.91. The van der Waals surface area contributed by atoms with E-state index >= 15 is 0 Å². The third-order valence-electron chi connectivity index (χ3n) is 2.43. The number of nitrogen functional groups attached to an aromatic ring is 1. The van der Waals surface area contributed by atoms with E-state index < -0.39 is 12.2 Å². The van der Waals surface area contributed by atoms with Gasteiger partial charge in [-0.2, -0.15) is 12.6 Å². The second-order valence-electron chi connectivity index (χ2n) is 3.51. The lowest BCUT2D eigenvalue weighted by Crippen LogP contribution is -2.21. The summed E-state index contributed by atoms with van der Waals surface area (Å²) in [4.78, 5) is 0. The predicted molar refractivity (Wildman–Crippen MR) is 65.1 cm³/mol. The van der Waals surface area contributed by atoms with Crippen molar-refractivity contribution in [3.05, 3.63) is 29.3 Å². The van der Waals surface area contributed by atoms with E-state index in [0.29, 0.717) is 11.3 Å². The zero-order valence-electron chi connectivity index (χ0n) is 8.72. The molecule has 0 saturated heterocycles. The normalized spacial score (nSPS) is 14.9. The number of rotatable bonds is 4. The molecule has 0 aliphatic carbocycles. The number of aliphatic hydroxyl groups excluding tert-OH is 2. The van der Waals surface area contributed by atoms with Crippen molar-refractivity contribution < 1.29 is 10.2 Å². The molecule has 1 aromatic rings. The zero-order valence-corrected chi connectivity index (χ0v) is 9.61. The van der Waals surface area contributed by atoms with Crippen molar-refractivity contribution in [3.63, 3.8) is 0 Å². The van der Waals surface area contributed by atoms with Crippen LogP contribution in [0.25, 0.3) is 0 Å². The van der Waals surface area contributed by atoms with Gasteiger partial charge < -0.3 is 15.9 Å². The highest BCUT2D eigenvalue weighted by Gasteiger charge is 2.19. The molecule has 0 saturated carbocycles. The van der Waals surface area contributed by atoms with Crippen LogP contribution in [-0.4, -0.2) is 22.1 Å². The largest absolute Gasteiger partial charge is 0.398 e. The van der Waals surface area contributed by atoms with Gasteiger partial charge in [-0.15, -0.1) is 0 Å². The topological polar surface area (TPSA) is 66.5 Å². The standard InChI is InChI=1S/C11H17NO2S/c1-2-7-3-4-9(12)8(5-7)11(14)10(13)6-15/h3-5,10-11,13-15H,2,6,12H2,1H3. The molecule has 15 heavy (non-hydrogen) atoms. The number of thiol groups is 1. The van der Waals surface area contributed by atoms with Gasteiger partial charge in [-0.1, -0.05) is 19.1 Å². The number of benzene rings is 1. The third kappa shape index (κ3) is 2.87. The number of anilines is 1. The maximum atomic E-state index is 9.81. The Kier molecular flexibility index (Phi) is 4.45. The van der Waals surface area contributed by atoms with Crippen molar-refractivity contribution in [2.24, 2.45) is 0 Å². The Morgan fingerprint density at radius 1 is 1.40 bits per heavy atom. The van der Waals surface area contributed by atoms with Gasteiger partial charge in [-0.3, -0.25) is 0 Å². The second-order valence-corrected chi connectivity index (χ2v) is 3.88. The van der Waals surface area contributed by atoms with E-state index in [1.54, 1.807) is 6.07 Å². The van der Waals surface area contributed by atoms with E-state index in [2.05, 4.69) is 12.6 Å². The first-order chi connectivity index (χ1) is 7.10. The average molecular weight is 227 g/mol. The molecule has 0 aromatic heterocycles. The molecular formula is C11H17NO2S. The average Bonchev–Trinajstić information content (AvgIpc) is 2.27. The van der Waals surface area contributed by atoms with Crippen molar-refractivity contribution in [3.8, 4) is 0 Å². The fourth-order valence-electron chi connectivity index (χ4n) is 1.41. The van der Waals surface area contributed by atoms with Crippen molar-refractivity contribution in [2.45, 2.75) is 25.6 Å². The predicted octanol–water partition coefficient (Wildman–Crippen LogP) is 1.16. The van der Waals surface area contributed by atoms with E-state index in [1.807, 2.05) is 19.1 Å². The highest BCUT2D eigenvalue weighted by atomic mass is 32.1. The monoisotopic (exact) mass is 227 g/mol. The molecule has 0 bridgehead atoms. The molecule has 4 N–H and O–H groups in total. The molecule has 1 aromatic carbocycles. The minimum absolute atomic E-state index is 0.205. The van der Waals surface area contributed by atoms with Gasteiger partial charge in [-0.25, -0.2) is 0 Å². The van der Waals surface area contributed by atoms with Crippen molar-refractivity contribution >= 4 is 18.3 Å². The van der Waals surface area contributed by atoms with E-state index in [9.17, 15) is 10.2 Å². The number of nitrogens with two attached hydrogens (primary N) is 1. The molecule has 0 fully saturated rings. The summed E-state index contributed by atoms with van der Waals surface area (Å²) in [7, 11) is 0. The molecule has 0 amide bonds. The van der Waals surface area contributed by atoms with Crippen molar-refractivity contribution in [2.75, 3.05) is 11.5 Å². The zero-order chi connectivity index (χ0) is 11.4. The van der Waals surface area contributed by atoms with E-state index in [4.69, 9.17) is 5.73 Å². The molecule has 0 spiro atoms. The lowest BCUT2D eigenvalue weighted by atomic mass is 10.00. The molecule has 0 aliphatic rings. The minimum Gasteiger partial charge on any atom is -0.398 e. The van der Waals surface area contributed by atoms with Crippen LogP contribution in [0, 0.1) is 0 Å². The Balaban J connectivity index is 3.01. The molecule has 3 nitrogen and oxygen atoms in total. The van der Waals surface area contributed by atoms with E-state index in [1.165, 1.54) is 0 Å². The SMILES string of the molecule is CCc1ccc(N)c(C(O)C(O)CS)c1. The van der Waals surface area contributed by atoms with Gasteiger partial charge in [0.05, 0.1) is 6.10 Å². The van der Waals surface area contributed by atoms with Gasteiger partial charge in [-0.05, 0) is 18.1 Å². The second kappa shape index (κ2) is 5.39. The summed E-state index contributed by atoms with van der Waals surface area (Å²) in [5, 5.41) is 19.3. The first-order valence-electron chi connectivity index (χ1n) is 4.95. The summed E-state index contributed by atoms with van der Waals surface area (Å²) in [6.45, 7) is 2.02. The van der Waals surface area contributed by atoms with Crippen molar-refractivity contribution in [1.82, 2.24) is 0 Å². The lowest BCUT2D eigenvalue weighted by Gasteiger charge is -2.18. The quantitative estimate of drug-likeness (QED) is 0.461. The van der Waals surface area contributed by atoms with Crippen LogP contribution in [0.1, 0.15) is 24.2 Å². The van der Waals surface area contributed by atoms with Crippen LogP contribution in [-0.2, 0) is 6.42 Å². The van der Waals surface area contributed by atoms with Gasteiger partial charge >= 0.3 is 0 Å². The van der Waals surface area contributed by atoms with Gasteiger partial charge in [0, 0.05) is 17.0 Å². The number of hydrogen-bond acceptors (Lipinski definition) is 4. The van der Waals surface area contributed by atoms with Crippen LogP contribution in [0.5, 0.6) is 0 Å². The summed E-state index contributed by atoms with van der Waals surface area (Å²) in [6, 6.07) is 5.49. The number of hydrogen-bond donors (Lipinski definition) is 4. The first-order valence-corrected chi connectivity index (χ1v) is 5.58. The van der Waals surface area contributed by atoms with Gasteiger partial charge in [0.2, 0.25) is 0 Å². The van der Waals surface area contributed by atoms with Gasteiger partial charge in [0.1, 0.15) is 6.10 Å². The molecule has 1 rings (SSSR count). The minimum atomic E-state index is -0.964. The maximum absolute atomic E-state index is 9.81. The Morgan fingerprint density at radius 2 is 2.07 bits per heavy atom. The smallest absolute Gasteiger partial charge is 0.108 e. The summed E-state index contributed by atoms with van der Waals surface area (Å²) in [5.74, 6) is 0.205. The molecule has 84 valence electrons. The van der Waals surface area contributed by atoms with Gasteiger partial charge in [0.25, 0.3) is 0 Å².